The fourth-order valence-electron chi connectivity index (χ4n) is 1.10. The molecular formula is C10H8BrFO4. The molecule has 0 fully saturated rings. The Morgan fingerprint density at radius 3 is 2.44 bits per heavy atom. The van der Waals surface area contributed by atoms with Crippen molar-refractivity contribution >= 4 is 27.7 Å². The van der Waals surface area contributed by atoms with E-state index in [9.17, 15) is 14.0 Å². The Hall–Kier alpha value is -1.43. The smallest absolute Gasteiger partial charge is 0.379 e. The van der Waals surface area contributed by atoms with Crippen molar-refractivity contribution in [1.82, 2.24) is 0 Å². The van der Waals surface area contributed by atoms with Crippen molar-refractivity contribution in [3.05, 3.63) is 28.0 Å². The predicted molar refractivity (Wildman–Crippen MR) is 57.0 cm³/mol. The fraction of sp³-hybridized carbons (Fsp3) is 0.200. The van der Waals surface area contributed by atoms with Crippen molar-refractivity contribution in [2.24, 2.45) is 0 Å². The first-order valence-electron chi connectivity index (χ1n) is 4.17. The number of carbonyl (C=O) groups excluding carboxylic acids is 2. The minimum atomic E-state index is -1.12. The highest BCUT2D eigenvalue weighted by Gasteiger charge is 2.24. The number of ether oxygens (including phenoxy) is 2. The van der Waals surface area contributed by atoms with Gasteiger partial charge in [-0.1, -0.05) is 0 Å². The first-order valence-corrected chi connectivity index (χ1v) is 4.96. The lowest BCUT2D eigenvalue weighted by Gasteiger charge is -2.07. The maximum atomic E-state index is 13.7. The van der Waals surface area contributed by atoms with Gasteiger partial charge in [0.05, 0.1) is 24.3 Å². The molecule has 0 atom stereocenters. The minimum absolute atomic E-state index is 0.130. The summed E-state index contributed by atoms with van der Waals surface area (Å²) in [6, 6.07) is 2.60. The van der Waals surface area contributed by atoms with Crippen LogP contribution in [0.1, 0.15) is 10.4 Å². The van der Waals surface area contributed by atoms with Crippen molar-refractivity contribution < 1.29 is 23.5 Å². The van der Waals surface area contributed by atoms with Gasteiger partial charge in [-0.3, -0.25) is 4.79 Å². The molecule has 0 spiro atoms. The molecule has 4 nitrogen and oxygen atoms in total. The van der Waals surface area contributed by atoms with Crippen LogP contribution in [0.2, 0.25) is 0 Å². The third-order valence-corrected chi connectivity index (χ3v) is 2.49. The summed E-state index contributed by atoms with van der Waals surface area (Å²) >= 11 is 3.05. The lowest BCUT2D eigenvalue weighted by atomic mass is 10.1. The van der Waals surface area contributed by atoms with E-state index >= 15 is 0 Å². The highest BCUT2D eigenvalue weighted by molar-refractivity contribution is 9.10. The standard InChI is InChI=1S/C10H8BrFO4/c1-15-9-6(11)4-3-5(7(9)12)8(13)10(14)16-2/h3-4H,1-2H3. The van der Waals surface area contributed by atoms with Gasteiger partial charge < -0.3 is 9.47 Å². The molecule has 0 aliphatic carbocycles. The van der Waals surface area contributed by atoms with Gasteiger partial charge in [-0.25, -0.2) is 9.18 Å². The molecule has 0 saturated heterocycles. The molecule has 86 valence electrons. The second kappa shape index (κ2) is 5.07. The number of rotatable bonds is 3. The summed E-state index contributed by atoms with van der Waals surface area (Å²) in [6.45, 7) is 0. The van der Waals surface area contributed by atoms with Gasteiger partial charge in [-0.05, 0) is 28.1 Å². The number of methoxy groups -OCH3 is 2. The molecule has 0 heterocycles. The highest BCUT2D eigenvalue weighted by atomic mass is 79.9. The maximum Gasteiger partial charge on any atom is 0.379 e. The van der Waals surface area contributed by atoms with Crippen LogP contribution in [0.3, 0.4) is 0 Å². The molecule has 0 amide bonds. The van der Waals surface area contributed by atoms with E-state index in [1.807, 2.05) is 0 Å². The van der Waals surface area contributed by atoms with Crippen LogP contribution >= 0.6 is 15.9 Å². The number of Topliss-reactive ketones (excluding diaryl/α,β-unsaturated/α-hetero) is 1. The minimum Gasteiger partial charge on any atom is -0.492 e. The van der Waals surface area contributed by atoms with Crippen LogP contribution in [0.15, 0.2) is 16.6 Å². The highest BCUT2D eigenvalue weighted by Crippen LogP contribution is 2.30. The summed E-state index contributed by atoms with van der Waals surface area (Å²) in [5.74, 6) is -3.20. The van der Waals surface area contributed by atoms with E-state index in [2.05, 4.69) is 20.7 Å². The summed E-state index contributed by atoms with van der Waals surface area (Å²) in [4.78, 5) is 22.3. The van der Waals surface area contributed by atoms with Crippen molar-refractivity contribution in [2.75, 3.05) is 14.2 Å². The average molecular weight is 291 g/mol. The normalized spacial score (nSPS) is 9.75. The van der Waals surface area contributed by atoms with Crippen LogP contribution in [0.5, 0.6) is 5.75 Å². The number of halogens is 2. The number of benzene rings is 1. The molecule has 1 aromatic rings. The molecule has 0 radical (unpaired) electrons. The van der Waals surface area contributed by atoms with E-state index < -0.39 is 17.6 Å². The average Bonchev–Trinajstić information content (AvgIpc) is 2.28. The summed E-state index contributed by atoms with van der Waals surface area (Å²) in [5.41, 5.74) is -0.382. The molecular weight excluding hydrogens is 283 g/mol. The zero-order valence-electron chi connectivity index (χ0n) is 8.54. The van der Waals surface area contributed by atoms with Gasteiger partial charge in [0.1, 0.15) is 0 Å². The van der Waals surface area contributed by atoms with Gasteiger partial charge in [0.15, 0.2) is 11.6 Å². The first-order chi connectivity index (χ1) is 7.52. The van der Waals surface area contributed by atoms with Crippen molar-refractivity contribution in [3.8, 4) is 5.75 Å². The largest absolute Gasteiger partial charge is 0.492 e. The number of ketones is 1. The quantitative estimate of drug-likeness (QED) is 0.485. The summed E-state index contributed by atoms with van der Waals surface area (Å²) in [5, 5.41) is 0. The molecule has 0 aliphatic heterocycles. The Balaban J connectivity index is 3.26. The summed E-state index contributed by atoms with van der Waals surface area (Å²) in [7, 11) is 2.31. The SMILES string of the molecule is COC(=O)C(=O)c1ccc(Br)c(OC)c1F. The molecule has 0 aliphatic rings. The third kappa shape index (κ3) is 2.21. The Bertz CT molecular complexity index is 445. The summed E-state index contributed by atoms with van der Waals surface area (Å²) < 4.78 is 23.0. The van der Waals surface area contributed by atoms with Gasteiger partial charge >= 0.3 is 5.97 Å². The van der Waals surface area contributed by atoms with E-state index in [0.29, 0.717) is 4.47 Å². The molecule has 0 aromatic heterocycles. The monoisotopic (exact) mass is 290 g/mol. The summed E-state index contributed by atoms with van der Waals surface area (Å²) in [6.07, 6.45) is 0. The molecule has 0 bridgehead atoms. The van der Waals surface area contributed by atoms with Gasteiger partial charge in [0.25, 0.3) is 5.78 Å². The lowest BCUT2D eigenvalue weighted by Crippen LogP contribution is -2.17. The fourth-order valence-corrected chi connectivity index (χ4v) is 1.57. The molecule has 1 rings (SSSR count). The van der Waals surface area contributed by atoms with E-state index in [-0.39, 0.29) is 11.3 Å². The number of hydrogen-bond acceptors (Lipinski definition) is 4. The molecule has 0 N–H and O–H groups in total. The maximum absolute atomic E-state index is 13.7. The Morgan fingerprint density at radius 2 is 1.94 bits per heavy atom. The van der Waals surface area contributed by atoms with Crippen molar-refractivity contribution in [3.63, 3.8) is 0 Å². The van der Waals surface area contributed by atoms with Crippen LogP contribution in [0.4, 0.5) is 4.39 Å². The first kappa shape index (κ1) is 12.6. The van der Waals surface area contributed by atoms with E-state index in [0.717, 1.165) is 7.11 Å². The topological polar surface area (TPSA) is 52.6 Å². The van der Waals surface area contributed by atoms with Crippen LogP contribution < -0.4 is 4.74 Å². The number of esters is 1. The van der Waals surface area contributed by atoms with Crippen molar-refractivity contribution in [2.45, 2.75) is 0 Å². The van der Waals surface area contributed by atoms with Crippen LogP contribution in [0, 0.1) is 5.82 Å². The lowest BCUT2D eigenvalue weighted by molar-refractivity contribution is -0.135. The number of carbonyl (C=O) groups is 2. The van der Waals surface area contributed by atoms with Crippen molar-refractivity contribution in [1.29, 1.82) is 0 Å². The van der Waals surface area contributed by atoms with Gasteiger partial charge in [-0.2, -0.15) is 0 Å². The Kier molecular flexibility index (Phi) is 4.00. The molecule has 16 heavy (non-hydrogen) atoms. The zero-order valence-corrected chi connectivity index (χ0v) is 10.1. The van der Waals surface area contributed by atoms with Gasteiger partial charge in [-0.15, -0.1) is 0 Å². The Morgan fingerprint density at radius 1 is 1.31 bits per heavy atom. The van der Waals surface area contributed by atoms with E-state index in [4.69, 9.17) is 4.74 Å². The Labute approximate surface area is 99.5 Å². The van der Waals surface area contributed by atoms with Crippen LogP contribution in [0.25, 0.3) is 0 Å². The third-order valence-electron chi connectivity index (χ3n) is 1.87. The molecule has 0 unspecified atom stereocenters. The number of hydrogen-bond donors (Lipinski definition) is 0. The van der Waals surface area contributed by atoms with Gasteiger partial charge in [0, 0.05) is 0 Å². The van der Waals surface area contributed by atoms with E-state index in [1.165, 1.54) is 19.2 Å². The predicted octanol–water partition coefficient (Wildman–Crippen LogP) is 1.95. The van der Waals surface area contributed by atoms with Gasteiger partial charge in [0.2, 0.25) is 0 Å². The van der Waals surface area contributed by atoms with Crippen LogP contribution in [-0.4, -0.2) is 26.0 Å². The van der Waals surface area contributed by atoms with E-state index in [1.54, 1.807) is 0 Å². The molecule has 1 aromatic carbocycles. The second-order valence-electron chi connectivity index (χ2n) is 2.76. The van der Waals surface area contributed by atoms with Crippen LogP contribution in [-0.2, 0) is 9.53 Å². The molecule has 0 saturated carbocycles. The zero-order chi connectivity index (χ0) is 12.3. The second-order valence-corrected chi connectivity index (χ2v) is 3.62. The molecule has 6 heteroatoms.